The Labute approximate surface area is 178 Å². The molecule has 136 valence electrons. The molecule has 0 fully saturated rings. The summed E-state index contributed by atoms with van der Waals surface area (Å²) in [6, 6.07) is 17.4. The number of nitrogen functional groups attached to an aromatic ring is 1. The molecule has 3 unspecified atom stereocenters. The first-order valence-electron chi connectivity index (χ1n) is 8.80. The summed E-state index contributed by atoms with van der Waals surface area (Å²) in [6.45, 7) is 0. The van der Waals surface area contributed by atoms with Gasteiger partial charge in [0.1, 0.15) is 5.84 Å². The second-order valence-electron chi connectivity index (χ2n) is 7.15. The molecule has 0 amide bonds. The minimum atomic E-state index is 0.119. The maximum atomic E-state index is 7.84. The number of nitrogens with two attached hydrogens (primary N) is 1. The highest BCUT2D eigenvalue weighted by Gasteiger charge is 2.43. The van der Waals surface area contributed by atoms with Gasteiger partial charge < -0.3 is 11.1 Å². The molecular formula is C21H17Br2N3S. The predicted octanol–water partition coefficient (Wildman–Crippen LogP) is 6.03. The van der Waals surface area contributed by atoms with Crippen molar-refractivity contribution in [2.75, 3.05) is 5.32 Å². The second-order valence-corrected chi connectivity index (χ2v) is 10.4. The Kier molecular flexibility index (Phi) is 4.18. The third-order valence-electron chi connectivity index (χ3n) is 5.68. The van der Waals surface area contributed by atoms with Crippen molar-refractivity contribution in [3.05, 3.63) is 83.9 Å². The summed E-state index contributed by atoms with van der Waals surface area (Å²) >= 11 is 9.07. The van der Waals surface area contributed by atoms with Crippen molar-refractivity contribution in [2.45, 2.75) is 18.4 Å². The van der Waals surface area contributed by atoms with Crippen molar-refractivity contribution in [1.29, 1.82) is 5.41 Å². The molecule has 0 saturated heterocycles. The largest absolute Gasteiger partial charge is 0.384 e. The van der Waals surface area contributed by atoms with E-state index in [4.69, 9.17) is 11.1 Å². The van der Waals surface area contributed by atoms with Gasteiger partial charge in [-0.15, -0.1) is 11.3 Å². The van der Waals surface area contributed by atoms with Crippen LogP contribution in [0.15, 0.2) is 56.8 Å². The number of thiophene rings is 1. The van der Waals surface area contributed by atoms with E-state index < -0.39 is 0 Å². The molecule has 1 aliphatic carbocycles. The molecule has 3 aromatic rings. The van der Waals surface area contributed by atoms with Crippen LogP contribution >= 0.6 is 43.2 Å². The van der Waals surface area contributed by atoms with E-state index in [0.29, 0.717) is 11.8 Å². The molecule has 6 heteroatoms. The quantitative estimate of drug-likeness (QED) is 0.296. The maximum absolute atomic E-state index is 7.84. The summed E-state index contributed by atoms with van der Waals surface area (Å²) in [5, 5.41) is 11.6. The Morgan fingerprint density at radius 1 is 1.11 bits per heavy atom. The van der Waals surface area contributed by atoms with Gasteiger partial charge in [-0.05, 0) is 85.2 Å². The molecule has 2 heterocycles. The molecule has 0 saturated carbocycles. The molecule has 0 radical (unpaired) electrons. The molecule has 2 aromatic carbocycles. The van der Waals surface area contributed by atoms with E-state index in [1.807, 2.05) is 6.07 Å². The number of hydrogen-bond acceptors (Lipinski definition) is 3. The highest BCUT2D eigenvalue weighted by molar-refractivity contribution is 9.13. The Hall–Kier alpha value is -1.63. The first kappa shape index (κ1) is 17.5. The lowest BCUT2D eigenvalue weighted by atomic mass is 9.77. The fourth-order valence-electron chi connectivity index (χ4n) is 4.53. The summed E-state index contributed by atoms with van der Waals surface area (Å²) in [6.07, 6.45) is 1.05. The molecule has 3 nitrogen and oxygen atoms in total. The van der Waals surface area contributed by atoms with Crippen LogP contribution in [0.3, 0.4) is 0 Å². The standard InChI is InChI=1S/C21H17Br2N3S/c22-15-9-17(27-20(15)23)19-14-7-10-3-1-2-4-12(10)18(14)13-8-11(21(24)25)5-6-16(13)26-19/h1-6,8-9,14,18-19,26H,7H2,(H3,24,25). The average Bonchev–Trinajstić information content (AvgIpc) is 3.21. The molecule has 1 aliphatic heterocycles. The Morgan fingerprint density at radius 2 is 1.93 bits per heavy atom. The van der Waals surface area contributed by atoms with Crippen LogP contribution in [-0.4, -0.2) is 5.84 Å². The molecule has 5 rings (SSSR count). The highest BCUT2D eigenvalue weighted by Crippen LogP contribution is 2.55. The summed E-state index contributed by atoms with van der Waals surface area (Å²) in [7, 11) is 0. The topological polar surface area (TPSA) is 61.9 Å². The number of benzene rings is 2. The van der Waals surface area contributed by atoms with Crippen LogP contribution in [-0.2, 0) is 6.42 Å². The van der Waals surface area contributed by atoms with E-state index in [2.05, 4.69) is 79.6 Å². The molecular weight excluding hydrogens is 486 g/mol. The van der Waals surface area contributed by atoms with Gasteiger partial charge in [-0.25, -0.2) is 0 Å². The van der Waals surface area contributed by atoms with Crippen molar-refractivity contribution in [3.63, 3.8) is 0 Å². The highest BCUT2D eigenvalue weighted by atomic mass is 79.9. The normalized spacial score (nSPS) is 22.5. The number of fused-ring (bicyclic) bond motifs is 5. The molecule has 3 atom stereocenters. The molecule has 0 bridgehead atoms. The maximum Gasteiger partial charge on any atom is 0.122 e. The number of amidine groups is 1. The van der Waals surface area contributed by atoms with Gasteiger partial charge in [-0.2, -0.15) is 0 Å². The van der Waals surface area contributed by atoms with E-state index in [1.165, 1.54) is 21.6 Å². The minimum Gasteiger partial charge on any atom is -0.384 e. The van der Waals surface area contributed by atoms with Gasteiger partial charge in [-0.3, -0.25) is 5.41 Å². The van der Waals surface area contributed by atoms with Crippen molar-refractivity contribution < 1.29 is 0 Å². The first-order valence-corrected chi connectivity index (χ1v) is 11.2. The van der Waals surface area contributed by atoms with Gasteiger partial charge in [0.2, 0.25) is 0 Å². The third-order valence-corrected chi connectivity index (χ3v) is 9.02. The van der Waals surface area contributed by atoms with Gasteiger partial charge >= 0.3 is 0 Å². The number of rotatable bonds is 2. The fraction of sp³-hybridized carbons (Fsp3) is 0.190. The van der Waals surface area contributed by atoms with E-state index in [9.17, 15) is 0 Å². The van der Waals surface area contributed by atoms with E-state index in [1.54, 1.807) is 11.3 Å². The number of hydrogen-bond donors (Lipinski definition) is 3. The van der Waals surface area contributed by atoms with Crippen molar-refractivity contribution >= 4 is 54.7 Å². The van der Waals surface area contributed by atoms with Crippen molar-refractivity contribution in [1.82, 2.24) is 0 Å². The smallest absolute Gasteiger partial charge is 0.122 e. The van der Waals surface area contributed by atoms with Crippen molar-refractivity contribution in [2.24, 2.45) is 11.7 Å². The monoisotopic (exact) mass is 501 g/mol. The SMILES string of the molecule is N=C(N)c1ccc2c(c1)C1c3ccccc3CC1C(c1cc(Br)c(Br)s1)N2. The van der Waals surface area contributed by atoms with Crippen LogP contribution < -0.4 is 11.1 Å². The van der Waals surface area contributed by atoms with Gasteiger partial charge in [-0.1, -0.05) is 24.3 Å². The first-order chi connectivity index (χ1) is 13.0. The van der Waals surface area contributed by atoms with Gasteiger partial charge in [0.05, 0.1) is 9.83 Å². The number of halogens is 2. The second kappa shape index (κ2) is 6.47. The van der Waals surface area contributed by atoms with Crippen LogP contribution in [0, 0.1) is 11.3 Å². The van der Waals surface area contributed by atoms with Crippen LogP contribution in [0.4, 0.5) is 5.69 Å². The molecule has 4 N–H and O–H groups in total. The Balaban J connectivity index is 1.69. The zero-order valence-electron chi connectivity index (χ0n) is 14.3. The lowest BCUT2D eigenvalue weighted by Crippen LogP contribution is -2.30. The summed E-state index contributed by atoms with van der Waals surface area (Å²) in [5.74, 6) is 0.879. The average molecular weight is 503 g/mol. The third kappa shape index (κ3) is 2.77. The fourth-order valence-corrected chi connectivity index (χ4v) is 6.74. The van der Waals surface area contributed by atoms with Crippen LogP contribution in [0.1, 0.15) is 39.1 Å². The molecule has 1 aromatic heterocycles. The number of anilines is 1. The van der Waals surface area contributed by atoms with Crippen LogP contribution in [0.25, 0.3) is 0 Å². The summed E-state index contributed by atoms with van der Waals surface area (Å²) < 4.78 is 2.23. The summed E-state index contributed by atoms with van der Waals surface area (Å²) in [5.41, 5.74) is 11.8. The number of nitrogens with one attached hydrogen (secondary N) is 2. The van der Waals surface area contributed by atoms with Gasteiger partial charge in [0.25, 0.3) is 0 Å². The zero-order valence-corrected chi connectivity index (χ0v) is 18.3. The van der Waals surface area contributed by atoms with E-state index in [-0.39, 0.29) is 11.9 Å². The van der Waals surface area contributed by atoms with Crippen molar-refractivity contribution in [3.8, 4) is 0 Å². The molecule has 0 spiro atoms. The molecule has 2 aliphatic rings. The minimum absolute atomic E-state index is 0.119. The molecule has 27 heavy (non-hydrogen) atoms. The van der Waals surface area contributed by atoms with Gasteiger partial charge in [0, 0.05) is 26.5 Å². The lowest BCUT2D eigenvalue weighted by molar-refractivity contribution is 0.425. The Bertz CT molecular complexity index is 1060. The summed E-state index contributed by atoms with van der Waals surface area (Å²) in [4.78, 5) is 1.33. The van der Waals surface area contributed by atoms with Gasteiger partial charge in [0.15, 0.2) is 0 Å². The van der Waals surface area contributed by atoms with Crippen LogP contribution in [0.2, 0.25) is 0 Å². The predicted molar refractivity (Wildman–Crippen MR) is 119 cm³/mol. The van der Waals surface area contributed by atoms with E-state index in [0.717, 1.165) is 25.9 Å². The Morgan fingerprint density at radius 3 is 2.67 bits per heavy atom. The van der Waals surface area contributed by atoms with E-state index >= 15 is 0 Å². The zero-order chi connectivity index (χ0) is 18.7. The lowest BCUT2D eigenvalue weighted by Gasteiger charge is -2.37. The van der Waals surface area contributed by atoms with Crippen LogP contribution in [0.5, 0.6) is 0 Å².